The number of hydrogen-bond acceptors (Lipinski definition) is 3. The number of aromatic nitrogens is 4. The summed E-state index contributed by atoms with van der Waals surface area (Å²) >= 11 is 0. The topological polar surface area (TPSA) is 54.5 Å². The molecule has 0 bridgehead atoms. The molecule has 0 atom stereocenters. The minimum absolute atomic E-state index is 0. The monoisotopic (exact) mass is 134 g/mol. The Bertz CT molecular complexity index is 64.0. The van der Waals surface area contributed by atoms with Crippen LogP contribution in [0.1, 0.15) is 0 Å². The smallest absolute Gasteiger partial charge is 0.177 e. The van der Waals surface area contributed by atoms with Crippen molar-refractivity contribution in [2.45, 2.75) is 0 Å². The van der Waals surface area contributed by atoms with Crippen LogP contribution in [-0.4, -0.2) is 20.6 Å². The van der Waals surface area contributed by atoms with Gasteiger partial charge >= 0.3 is 19.5 Å². The zero-order valence-electron chi connectivity index (χ0n) is 3.13. The van der Waals surface area contributed by atoms with Gasteiger partial charge in [0, 0.05) is 0 Å². The van der Waals surface area contributed by atoms with Crippen molar-refractivity contribution in [3.05, 3.63) is 6.33 Å². The number of nitrogens with one attached hydrogen (secondary N) is 1. The molecule has 5 heteroatoms. The van der Waals surface area contributed by atoms with Crippen molar-refractivity contribution < 1.29 is 19.5 Å². The van der Waals surface area contributed by atoms with Gasteiger partial charge in [0.25, 0.3) is 0 Å². The zero-order chi connectivity index (χ0) is 3.54. The third-order valence-corrected chi connectivity index (χ3v) is 0.270. The molecule has 0 aromatic carbocycles. The third kappa shape index (κ3) is 1.22. The molecule has 0 spiro atoms. The molecule has 0 fully saturated rings. The van der Waals surface area contributed by atoms with Crippen LogP contribution < -0.4 is 0 Å². The first-order chi connectivity index (χ1) is 2.50. The summed E-state index contributed by atoms with van der Waals surface area (Å²) < 4.78 is 0. The van der Waals surface area contributed by atoms with Crippen LogP contribution in [0.2, 0.25) is 0 Å². The molecule has 1 N–H and O–H groups in total. The number of aromatic amines is 1. The minimum atomic E-state index is 0. The molecule has 26 valence electrons. The molecule has 4 nitrogen and oxygen atoms in total. The zero-order valence-corrected chi connectivity index (χ0v) is 6.09. The molecule has 0 radical (unpaired) electrons. The van der Waals surface area contributed by atoms with E-state index in [1.807, 2.05) is 0 Å². The number of nitrogens with zero attached hydrogens (tertiary/aromatic N) is 3. The Hall–Kier alpha value is -0.307. The van der Waals surface area contributed by atoms with Crippen molar-refractivity contribution in [3.63, 3.8) is 0 Å². The summed E-state index contributed by atoms with van der Waals surface area (Å²) in [5, 5.41) is 12.2. The Morgan fingerprint density at radius 1 is 1.50 bits per heavy atom. The second-order valence-electron chi connectivity index (χ2n) is 0.560. The molecule has 1 heterocycles. The fraction of sp³-hybridized carbons (Fsp3) is 0. The van der Waals surface area contributed by atoms with Gasteiger partial charge in [-0.25, -0.2) is 0 Å². The Morgan fingerprint density at radius 3 is 2.50 bits per heavy atom. The van der Waals surface area contributed by atoms with Gasteiger partial charge in [-0.1, -0.05) is 5.21 Å². The predicted octanol–water partition coefficient (Wildman–Crippen LogP) is -0.803. The van der Waals surface area contributed by atoms with Crippen LogP contribution in [0.15, 0.2) is 6.33 Å². The van der Waals surface area contributed by atoms with E-state index in [1.54, 1.807) is 0 Å². The van der Waals surface area contributed by atoms with Crippen molar-refractivity contribution in [2.75, 3.05) is 0 Å². The Balaban J connectivity index is 0.000000250. The SMILES string of the molecule is [Zn+2].c1nn[nH]n1. The van der Waals surface area contributed by atoms with E-state index in [0.29, 0.717) is 0 Å². The molecular weight excluding hydrogens is 133 g/mol. The van der Waals surface area contributed by atoms with Gasteiger partial charge in [-0.15, -0.1) is 10.2 Å². The molecule has 0 amide bonds. The third-order valence-electron chi connectivity index (χ3n) is 0.270. The molecule has 1 aromatic heterocycles. The number of H-pyrrole nitrogens is 1. The molecule has 1 aromatic rings. The summed E-state index contributed by atoms with van der Waals surface area (Å²) in [7, 11) is 0. The Labute approximate surface area is 47.1 Å². The van der Waals surface area contributed by atoms with E-state index in [9.17, 15) is 0 Å². The van der Waals surface area contributed by atoms with Crippen molar-refractivity contribution >= 4 is 0 Å². The van der Waals surface area contributed by atoms with Crippen molar-refractivity contribution in [2.24, 2.45) is 0 Å². The van der Waals surface area contributed by atoms with E-state index < -0.39 is 0 Å². The molecule has 1 rings (SSSR count). The van der Waals surface area contributed by atoms with Crippen LogP contribution >= 0.6 is 0 Å². The second kappa shape index (κ2) is 2.91. The molecule has 0 saturated heterocycles. The maximum absolute atomic E-state index is 3.38. The Kier molecular flexibility index (Phi) is 2.76. The van der Waals surface area contributed by atoms with Crippen LogP contribution in [0, 0.1) is 0 Å². The fourth-order valence-electron chi connectivity index (χ4n) is 0.129. The van der Waals surface area contributed by atoms with Gasteiger partial charge in [0.05, 0.1) is 0 Å². The van der Waals surface area contributed by atoms with Crippen LogP contribution in [0.4, 0.5) is 0 Å². The van der Waals surface area contributed by atoms with Crippen molar-refractivity contribution in [3.8, 4) is 0 Å². The van der Waals surface area contributed by atoms with E-state index in [0.717, 1.165) is 0 Å². The maximum Gasteiger partial charge on any atom is 2.00 e. The average Bonchev–Trinajstić information content (AvgIpc) is 1.76. The quantitative estimate of drug-likeness (QED) is 0.474. The van der Waals surface area contributed by atoms with Gasteiger partial charge in [0.1, 0.15) is 0 Å². The van der Waals surface area contributed by atoms with Gasteiger partial charge in [0.2, 0.25) is 0 Å². The first-order valence-corrected chi connectivity index (χ1v) is 1.16. The summed E-state index contributed by atoms with van der Waals surface area (Å²) in [6, 6.07) is 0. The van der Waals surface area contributed by atoms with Gasteiger partial charge in [-0.2, -0.15) is 5.21 Å². The van der Waals surface area contributed by atoms with E-state index in [4.69, 9.17) is 0 Å². The molecule has 0 aliphatic rings. The van der Waals surface area contributed by atoms with Crippen LogP contribution in [0.25, 0.3) is 0 Å². The van der Waals surface area contributed by atoms with E-state index in [2.05, 4.69) is 20.6 Å². The van der Waals surface area contributed by atoms with Gasteiger partial charge in [-0.05, 0) is 0 Å². The first-order valence-electron chi connectivity index (χ1n) is 1.16. The molecule has 0 aliphatic heterocycles. The van der Waals surface area contributed by atoms with Crippen molar-refractivity contribution in [1.29, 1.82) is 0 Å². The van der Waals surface area contributed by atoms with E-state index in [1.165, 1.54) is 6.33 Å². The van der Waals surface area contributed by atoms with Gasteiger partial charge in [0.15, 0.2) is 6.33 Å². The number of hydrogen-bond donors (Lipinski definition) is 1. The average molecular weight is 135 g/mol. The first kappa shape index (κ1) is 5.69. The van der Waals surface area contributed by atoms with Crippen LogP contribution in [0.3, 0.4) is 0 Å². The second-order valence-corrected chi connectivity index (χ2v) is 0.560. The fourth-order valence-corrected chi connectivity index (χ4v) is 0.129. The summed E-state index contributed by atoms with van der Waals surface area (Å²) in [4.78, 5) is 0. The number of tetrazole rings is 1. The molecule has 0 aliphatic carbocycles. The van der Waals surface area contributed by atoms with Gasteiger partial charge < -0.3 is 0 Å². The summed E-state index contributed by atoms with van der Waals surface area (Å²) in [5.41, 5.74) is 0. The Morgan fingerprint density at radius 2 is 2.33 bits per heavy atom. The van der Waals surface area contributed by atoms with Crippen molar-refractivity contribution in [1.82, 2.24) is 20.6 Å². The largest absolute Gasteiger partial charge is 2.00 e. The van der Waals surface area contributed by atoms with E-state index in [-0.39, 0.29) is 19.5 Å². The summed E-state index contributed by atoms with van der Waals surface area (Å²) in [6.07, 6.45) is 1.33. The molecule has 0 unspecified atom stereocenters. The molecule has 6 heavy (non-hydrogen) atoms. The summed E-state index contributed by atoms with van der Waals surface area (Å²) in [6.45, 7) is 0. The minimum Gasteiger partial charge on any atom is -0.177 e. The van der Waals surface area contributed by atoms with E-state index >= 15 is 0 Å². The molecular formula is CH2N4Zn+2. The van der Waals surface area contributed by atoms with Gasteiger partial charge in [-0.3, -0.25) is 0 Å². The predicted molar refractivity (Wildman–Crippen MR) is 14.2 cm³/mol. The summed E-state index contributed by atoms with van der Waals surface area (Å²) in [5.74, 6) is 0. The standard InChI is InChI=1S/CH2N4.Zn/c1-2-4-5-3-1;/h1H,(H,2,3,4,5);/q;+2. The normalized spacial score (nSPS) is 6.67. The maximum atomic E-state index is 3.38. The van der Waals surface area contributed by atoms with Crippen LogP contribution in [0.5, 0.6) is 0 Å². The number of rotatable bonds is 0. The van der Waals surface area contributed by atoms with Crippen LogP contribution in [-0.2, 0) is 19.5 Å². The molecule has 0 saturated carbocycles.